The fourth-order valence-corrected chi connectivity index (χ4v) is 9.12. The molecule has 0 unspecified atom stereocenters. The molecule has 0 saturated carbocycles. The smallest absolute Gasteiger partial charge is 0.302 e. The Kier molecular flexibility index (Phi) is 12.7. The van der Waals surface area contributed by atoms with Crippen molar-refractivity contribution in [2.45, 2.75) is 97.6 Å². The molecule has 0 fully saturated rings. The van der Waals surface area contributed by atoms with Crippen molar-refractivity contribution in [3.8, 4) is 0 Å². The molecule has 0 radical (unpaired) electrons. The molecular formula is C21H44O4Si2. The fourth-order valence-electron chi connectivity index (χ4n) is 1.56. The summed E-state index contributed by atoms with van der Waals surface area (Å²) in [5, 5.41) is 8.98. The summed E-state index contributed by atoms with van der Waals surface area (Å²) < 4.78 is 11.3. The third-order valence-electron chi connectivity index (χ3n) is 5.25. The second-order valence-electron chi connectivity index (χ2n) is 9.86. The lowest BCUT2D eigenvalue weighted by Gasteiger charge is -2.47. The molecule has 0 spiro atoms. The van der Waals surface area contributed by atoms with E-state index < -0.39 is 16.6 Å². The molecule has 0 rings (SSSR count). The summed E-state index contributed by atoms with van der Waals surface area (Å²) in [6, 6.07) is 0. The highest BCUT2D eigenvalue weighted by Crippen LogP contribution is 2.44. The first-order chi connectivity index (χ1) is 12.0. The molecular weight excluding hydrogens is 372 g/mol. The molecule has 0 aliphatic carbocycles. The second-order valence-corrected chi connectivity index (χ2v) is 19.7. The molecule has 0 aromatic rings. The minimum absolute atomic E-state index is 0.0143. The number of esters is 1. The van der Waals surface area contributed by atoms with Crippen LogP contribution >= 0.6 is 0 Å². The molecule has 0 amide bonds. The third kappa shape index (κ3) is 13.2. The van der Waals surface area contributed by atoms with Gasteiger partial charge in [-0.05, 0) is 61.3 Å². The van der Waals surface area contributed by atoms with Crippen LogP contribution in [0.5, 0.6) is 0 Å². The first-order valence-corrected chi connectivity index (χ1v) is 15.6. The van der Waals surface area contributed by atoms with Crippen molar-refractivity contribution in [2.75, 3.05) is 13.2 Å². The van der Waals surface area contributed by atoms with Gasteiger partial charge in [-0.25, -0.2) is 0 Å². The number of unbranched alkanes of at least 4 members (excludes halogenated alkanes) is 1. The van der Waals surface area contributed by atoms with Gasteiger partial charge in [-0.3, -0.25) is 4.79 Å². The van der Waals surface area contributed by atoms with Gasteiger partial charge in [0.25, 0.3) is 0 Å². The SMILES string of the molecule is CC(=O)OCCCC=C=CCO.CC(C)(C)[Si](C)(C)O[Si](C)(C)C(C)(C)C. The van der Waals surface area contributed by atoms with Gasteiger partial charge < -0.3 is 14.0 Å². The molecule has 0 saturated heterocycles. The number of hydrogen-bond acceptors (Lipinski definition) is 4. The van der Waals surface area contributed by atoms with Crippen molar-refractivity contribution < 1.29 is 18.8 Å². The second kappa shape index (κ2) is 12.0. The summed E-state index contributed by atoms with van der Waals surface area (Å²) in [6.45, 7) is 25.1. The Morgan fingerprint density at radius 2 is 1.41 bits per heavy atom. The minimum atomic E-state index is -1.59. The Morgan fingerprint density at radius 1 is 0.963 bits per heavy atom. The minimum Gasteiger partial charge on any atom is -0.466 e. The van der Waals surface area contributed by atoms with E-state index in [0.717, 1.165) is 12.8 Å². The molecule has 0 bridgehead atoms. The van der Waals surface area contributed by atoms with E-state index >= 15 is 0 Å². The summed E-state index contributed by atoms with van der Waals surface area (Å²) in [7, 11) is -3.18. The lowest BCUT2D eigenvalue weighted by Crippen LogP contribution is -2.53. The first-order valence-electron chi connectivity index (χ1n) is 9.82. The van der Waals surface area contributed by atoms with Crippen molar-refractivity contribution in [2.24, 2.45) is 0 Å². The molecule has 6 heteroatoms. The van der Waals surface area contributed by atoms with Gasteiger partial charge in [-0.1, -0.05) is 41.5 Å². The molecule has 160 valence electrons. The van der Waals surface area contributed by atoms with Crippen molar-refractivity contribution in [3.63, 3.8) is 0 Å². The van der Waals surface area contributed by atoms with Crippen LogP contribution in [-0.2, 0) is 13.6 Å². The van der Waals surface area contributed by atoms with E-state index in [1.807, 2.05) is 0 Å². The van der Waals surface area contributed by atoms with Gasteiger partial charge in [0, 0.05) is 6.92 Å². The molecule has 0 aromatic carbocycles. The van der Waals surface area contributed by atoms with Crippen molar-refractivity contribution >= 4 is 22.6 Å². The molecule has 0 heterocycles. The van der Waals surface area contributed by atoms with Crippen molar-refractivity contribution in [1.82, 2.24) is 0 Å². The van der Waals surface area contributed by atoms with Gasteiger partial charge in [0.05, 0.1) is 13.2 Å². The van der Waals surface area contributed by atoms with Crippen LogP contribution in [0.25, 0.3) is 0 Å². The highest BCUT2D eigenvalue weighted by Gasteiger charge is 2.46. The molecule has 4 nitrogen and oxygen atoms in total. The predicted octanol–water partition coefficient (Wildman–Crippen LogP) is 6.05. The Morgan fingerprint density at radius 3 is 1.74 bits per heavy atom. The fraction of sp³-hybridized carbons (Fsp3) is 0.810. The number of aliphatic hydroxyl groups excluding tert-OH is 1. The maximum Gasteiger partial charge on any atom is 0.302 e. The number of carbonyl (C=O) groups is 1. The maximum absolute atomic E-state index is 10.3. The Hall–Kier alpha value is -0.656. The van der Waals surface area contributed by atoms with Crippen LogP contribution in [-0.4, -0.2) is 40.9 Å². The normalized spacial score (nSPS) is 12.4. The highest BCUT2D eigenvalue weighted by atomic mass is 28.4. The predicted molar refractivity (Wildman–Crippen MR) is 121 cm³/mol. The number of carbonyl (C=O) groups excluding carboxylic acids is 1. The van der Waals surface area contributed by atoms with Gasteiger partial charge >= 0.3 is 5.97 Å². The Labute approximate surface area is 170 Å². The molecule has 1 N–H and O–H groups in total. The van der Waals surface area contributed by atoms with E-state index in [9.17, 15) is 4.79 Å². The lowest BCUT2D eigenvalue weighted by atomic mass is 10.2. The number of aliphatic hydroxyl groups is 1. The van der Waals surface area contributed by atoms with Crippen LogP contribution in [0.3, 0.4) is 0 Å². The van der Waals surface area contributed by atoms with E-state index in [-0.39, 0.29) is 12.6 Å². The highest BCUT2D eigenvalue weighted by molar-refractivity contribution is 6.87. The maximum atomic E-state index is 10.3. The summed E-state index contributed by atoms with van der Waals surface area (Å²) in [5.41, 5.74) is 2.78. The van der Waals surface area contributed by atoms with E-state index in [2.05, 4.69) is 73.5 Å². The Balaban J connectivity index is 0. The zero-order valence-corrected chi connectivity index (χ0v) is 21.7. The average molecular weight is 417 g/mol. The summed E-state index contributed by atoms with van der Waals surface area (Å²) in [6.07, 6.45) is 4.95. The van der Waals surface area contributed by atoms with Gasteiger partial charge in [-0.15, -0.1) is 5.73 Å². The molecule has 0 aliphatic heterocycles. The van der Waals surface area contributed by atoms with Crippen LogP contribution in [0, 0.1) is 0 Å². The van der Waals surface area contributed by atoms with E-state index in [0.29, 0.717) is 16.7 Å². The van der Waals surface area contributed by atoms with E-state index in [1.54, 1.807) is 6.08 Å². The topological polar surface area (TPSA) is 55.8 Å². The zero-order chi connectivity index (χ0) is 21.9. The van der Waals surface area contributed by atoms with Crippen molar-refractivity contribution in [3.05, 3.63) is 17.9 Å². The molecule has 27 heavy (non-hydrogen) atoms. The molecule has 0 aromatic heterocycles. The summed E-state index contributed by atoms with van der Waals surface area (Å²) >= 11 is 0. The molecule has 0 atom stereocenters. The quantitative estimate of drug-likeness (QED) is 0.238. The third-order valence-corrected chi connectivity index (χ3v) is 16.6. The monoisotopic (exact) mass is 416 g/mol. The van der Waals surface area contributed by atoms with Gasteiger partial charge in [0.1, 0.15) is 0 Å². The average Bonchev–Trinajstić information content (AvgIpc) is 2.43. The van der Waals surface area contributed by atoms with Crippen LogP contribution in [0.15, 0.2) is 17.9 Å². The van der Waals surface area contributed by atoms with Gasteiger partial charge in [0.2, 0.25) is 0 Å². The zero-order valence-electron chi connectivity index (χ0n) is 19.7. The number of rotatable bonds is 7. The molecule has 0 aliphatic rings. The van der Waals surface area contributed by atoms with Gasteiger partial charge in [-0.2, -0.15) is 0 Å². The first kappa shape index (κ1) is 28.6. The summed E-state index contributed by atoms with van der Waals surface area (Å²) in [5.74, 6) is -0.245. The van der Waals surface area contributed by atoms with Crippen molar-refractivity contribution in [1.29, 1.82) is 0 Å². The van der Waals surface area contributed by atoms with E-state index in [1.165, 1.54) is 13.0 Å². The lowest BCUT2D eigenvalue weighted by molar-refractivity contribution is -0.141. The van der Waals surface area contributed by atoms with Crippen LogP contribution in [0.1, 0.15) is 61.3 Å². The standard InChI is InChI=1S/C12H30OSi2.C9H14O3/c1-11(2,3)14(7,8)13-15(9,10)12(4,5)6;1-9(11)12-8-6-4-2-3-5-7-10/h1-10H3;2,5,10H,4,6-8H2,1H3. The van der Waals surface area contributed by atoms with Gasteiger partial charge in [0.15, 0.2) is 16.6 Å². The summed E-state index contributed by atoms with van der Waals surface area (Å²) in [4.78, 5) is 10.3. The van der Waals surface area contributed by atoms with Crippen LogP contribution in [0.2, 0.25) is 36.3 Å². The largest absolute Gasteiger partial charge is 0.466 e. The van der Waals surface area contributed by atoms with Crippen LogP contribution in [0.4, 0.5) is 0 Å². The number of hydrogen-bond donors (Lipinski definition) is 1. The van der Waals surface area contributed by atoms with E-state index in [4.69, 9.17) is 14.0 Å². The van der Waals surface area contributed by atoms with Crippen LogP contribution < -0.4 is 0 Å². The number of ether oxygens (including phenoxy) is 1. The Bertz CT molecular complexity index is 467.